The highest BCUT2D eigenvalue weighted by Gasteiger charge is 2.10. The van der Waals surface area contributed by atoms with Gasteiger partial charge >= 0.3 is 6.09 Å². The summed E-state index contributed by atoms with van der Waals surface area (Å²) < 4.78 is 17.6. The Morgan fingerprint density at radius 2 is 2.33 bits per heavy atom. The average molecular weight is 213 g/mol. The molecular formula is C11H16FNO2. The van der Waals surface area contributed by atoms with Crippen LogP contribution in [0.25, 0.3) is 0 Å². The number of unbranched alkanes of at least 4 members (excludes halogenated alkanes) is 1. The third-order valence-electron chi connectivity index (χ3n) is 2.08. The largest absolute Gasteiger partial charge is 0.415 e. The molecule has 4 heteroatoms. The first-order valence-corrected chi connectivity index (χ1v) is 5.23. The second-order valence-corrected chi connectivity index (χ2v) is 3.42. The lowest BCUT2D eigenvalue weighted by atomic mass is 10.1. The lowest BCUT2D eigenvalue weighted by molar-refractivity contribution is 0.172. The number of ether oxygens (including phenoxy) is 1. The summed E-state index contributed by atoms with van der Waals surface area (Å²) >= 11 is 0. The number of nitrogens with one attached hydrogen (secondary N) is 1. The third-order valence-corrected chi connectivity index (χ3v) is 2.08. The van der Waals surface area contributed by atoms with Gasteiger partial charge in [-0.05, 0) is 18.6 Å². The molecule has 1 amide bonds. The molecule has 0 atom stereocenters. The van der Waals surface area contributed by atoms with Crippen LogP contribution < -0.4 is 5.32 Å². The van der Waals surface area contributed by atoms with Crippen LogP contribution in [-0.4, -0.2) is 12.6 Å². The second kappa shape index (κ2) is 6.22. The van der Waals surface area contributed by atoms with Gasteiger partial charge in [0.2, 0.25) is 0 Å². The van der Waals surface area contributed by atoms with Crippen LogP contribution in [0.4, 0.5) is 9.18 Å². The fraction of sp³-hybridized carbons (Fsp3) is 0.545. The van der Waals surface area contributed by atoms with Gasteiger partial charge in [0.15, 0.2) is 0 Å². The molecule has 0 aromatic heterocycles. The van der Waals surface area contributed by atoms with Gasteiger partial charge in [-0.15, -0.1) is 0 Å². The van der Waals surface area contributed by atoms with Crippen LogP contribution in [0.15, 0.2) is 23.7 Å². The summed E-state index contributed by atoms with van der Waals surface area (Å²) in [6.45, 7) is 2.66. The highest BCUT2D eigenvalue weighted by molar-refractivity contribution is 5.68. The number of rotatable bonds is 4. The summed E-state index contributed by atoms with van der Waals surface area (Å²) in [7, 11) is 0. The summed E-state index contributed by atoms with van der Waals surface area (Å²) in [5.41, 5.74) is 0. The number of alkyl carbamates (subject to hydrolysis) is 1. The predicted molar refractivity (Wildman–Crippen MR) is 55.9 cm³/mol. The van der Waals surface area contributed by atoms with Crippen LogP contribution in [0.3, 0.4) is 0 Å². The van der Waals surface area contributed by atoms with Crippen molar-refractivity contribution in [1.29, 1.82) is 0 Å². The molecule has 0 unspecified atom stereocenters. The molecule has 1 aliphatic carbocycles. The molecule has 1 rings (SSSR count). The van der Waals surface area contributed by atoms with E-state index in [0.29, 0.717) is 25.1 Å². The molecule has 1 aliphatic rings. The molecule has 0 saturated heterocycles. The van der Waals surface area contributed by atoms with Crippen molar-refractivity contribution in [2.24, 2.45) is 0 Å². The molecule has 0 aliphatic heterocycles. The molecule has 0 spiro atoms. The van der Waals surface area contributed by atoms with E-state index in [0.717, 1.165) is 12.8 Å². The van der Waals surface area contributed by atoms with Gasteiger partial charge in [-0.1, -0.05) is 13.3 Å². The first kappa shape index (κ1) is 11.8. The Balaban J connectivity index is 2.26. The smallest absolute Gasteiger partial charge is 0.412 e. The van der Waals surface area contributed by atoms with Crippen LogP contribution >= 0.6 is 0 Å². The minimum Gasteiger partial charge on any atom is -0.415 e. The highest BCUT2D eigenvalue weighted by atomic mass is 19.1. The molecule has 0 heterocycles. The van der Waals surface area contributed by atoms with E-state index < -0.39 is 6.09 Å². The van der Waals surface area contributed by atoms with Gasteiger partial charge < -0.3 is 10.1 Å². The minimum atomic E-state index is -0.453. The van der Waals surface area contributed by atoms with Crippen molar-refractivity contribution in [2.45, 2.75) is 32.6 Å². The molecule has 0 radical (unpaired) electrons. The third kappa shape index (κ3) is 4.63. The van der Waals surface area contributed by atoms with Gasteiger partial charge in [-0.2, -0.15) is 0 Å². The maximum absolute atomic E-state index is 12.6. The van der Waals surface area contributed by atoms with Gasteiger partial charge in [0.05, 0.1) is 0 Å². The lowest BCUT2D eigenvalue weighted by Crippen LogP contribution is -2.25. The molecule has 0 bridgehead atoms. The van der Waals surface area contributed by atoms with Gasteiger partial charge in [0, 0.05) is 19.4 Å². The van der Waals surface area contributed by atoms with Crippen molar-refractivity contribution in [3.05, 3.63) is 23.7 Å². The van der Waals surface area contributed by atoms with E-state index in [-0.39, 0.29) is 5.83 Å². The Kier molecular flexibility index (Phi) is 4.87. The predicted octanol–water partition coefficient (Wildman–Crippen LogP) is 3.04. The minimum absolute atomic E-state index is 0.172. The molecule has 84 valence electrons. The standard InChI is InChI=1S/C11H16FNO2/c1-2-3-8-13-11(14)15-10-6-4-9(12)5-7-10/h4,6H,2-3,5,7-8H2,1H3,(H,13,14). The molecule has 0 saturated carbocycles. The van der Waals surface area contributed by atoms with Crippen molar-refractivity contribution < 1.29 is 13.9 Å². The van der Waals surface area contributed by atoms with E-state index in [1.807, 2.05) is 6.92 Å². The van der Waals surface area contributed by atoms with Crippen molar-refractivity contribution in [1.82, 2.24) is 5.32 Å². The van der Waals surface area contributed by atoms with Gasteiger partial charge in [-0.3, -0.25) is 0 Å². The summed E-state index contributed by atoms with van der Waals surface area (Å²) in [6.07, 6.45) is 5.10. The maximum Gasteiger partial charge on any atom is 0.412 e. The lowest BCUT2D eigenvalue weighted by Gasteiger charge is -2.11. The van der Waals surface area contributed by atoms with Gasteiger partial charge in [-0.25, -0.2) is 9.18 Å². The number of hydrogen-bond donors (Lipinski definition) is 1. The van der Waals surface area contributed by atoms with E-state index in [9.17, 15) is 9.18 Å². The van der Waals surface area contributed by atoms with Crippen LogP contribution in [0, 0.1) is 0 Å². The second-order valence-electron chi connectivity index (χ2n) is 3.42. The van der Waals surface area contributed by atoms with Crippen molar-refractivity contribution in [2.75, 3.05) is 6.54 Å². The molecule has 3 nitrogen and oxygen atoms in total. The van der Waals surface area contributed by atoms with Crippen LogP contribution in [0.1, 0.15) is 32.6 Å². The number of hydrogen-bond acceptors (Lipinski definition) is 2. The Morgan fingerprint density at radius 3 is 2.93 bits per heavy atom. The van der Waals surface area contributed by atoms with Crippen molar-refractivity contribution in [3.8, 4) is 0 Å². The summed E-state index contributed by atoms with van der Waals surface area (Å²) in [6, 6.07) is 0. The summed E-state index contributed by atoms with van der Waals surface area (Å²) in [5, 5.41) is 2.63. The van der Waals surface area contributed by atoms with Crippen molar-refractivity contribution >= 4 is 6.09 Å². The SMILES string of the molecule is CCCCNC(=O)OC1=CC=C(F)CC1. The van der Waals surface area contributed by atoms with E-state index in [1.54, 1.807) is 0 Å². The number of allylic oxidation sites excluding steroid dienone is 4. The Morgan fingerprint density at radius 1 is 1.53 bits per heavy atom. The Labute approximate surface area is 89.0 Å². The topological polar surface area (TPSA) is 38.3 Å². The van der Waals surface area contributed by atoms with E-state index in [1.165, 1.54) is 12.2 Å². The van der Waals surface area contributed by atoms with E-state index in [4.69, 9.17) is 4.74 Å². The number of halogens is 1. The van der Waals surface area contributed by atoms with Gasteiger partial charge in [0.25, 0.3) is 0 Å². The quantitative estimate of drug-likeness (QED) is 0.729. The fourth-order valence-electron chi connectivity index (χ4n) is 1.20. The highest BCUT2D eigenvalue weighted by Crippen LogP contribution is 2.19. The zero-order chi connectivity index (χ0) is 11.1. The summed E-state index contributed by atoms with van der Waals surface area (Å²) in [4.78, 5) is 11.2. The molecule has 0 aromatic carbocycles. The first-order valence-electron chi connectivity index (χ1n) is 5.23. The normalized spacial score (nSPS) is 15.3. The number of amides is 1. The monoisotopic (exact) mass is 213 g/mol. The molecule has 0 aromatic rings. The number of carbonyl (C=O) groups excluding carboxylic acids is 1. The van der Waals surface area contributed by atoms with E-state index >= 15 is 0 Å². The molecule has 15 heavy (non-hydrogen) atoms. The maximum atomic E-state index is 12.6. The molecular weight excluding hydrogens is 197 g/mol. The fourth-order valence-corrected chi connectivity index (χ4v) is 1.20. The summed E-state index contributed by atoms with van der Waals surface area (Å²) in [5.74, 6) is 0.346. The Bertz CT molecular complexity index is 284. The van der Waals surface area contributed by atoms with Gasteiger partial charge in [0.1, 0.15) is 11.6 Å². The number of carbonyl (C=O) groups is 1. The Hall–Kier alpha value is -1.32. The van der Waals surface area contributed by atoms with Crippen LogP contribution in [0.2, 0.25) is 0 Å². The van der Waals surface area contributed by atoms with E-state index in [2.05, 4.69) is 5.32 Å². The van der Waals surface area contributed by atoms with Crippen molar-refractivity contribution in [3.63, 3.8) is 0 Å². The van der Waals surface area contributed by atoms with Crippen LogP contribution in [0.5, 0.6) is 0 Å². The average Bonchev–Trinajstić information content (AvgIpc) is 2.22. The zero-order valence-corrected chi connectivity index (χ0v) is 8.88. The molecule has 0 fully saturated rings. The molecule has 1 N–H and O–H groups in total. The first-order chi connectivity index (χ1) is 7.22. The zero-order valence-electron chi connectivity index (χ0n) is 8.88. The van der Waals surface area contributed by atoms with Crippen LogP contribution in [-0.2, 0) is 4.74 Å².